The van der Waals surface area contributed by atoms with Crippen LogP contribution in [0.4, 0.5) is 10.8 Å². The van der Waals surface area contributed by atoms with Crippen molar-refractivity contribution >= 4 is 44.4 Å². The summed E-state index contributed by atoms with van der Waals surface area (Å²) in [6.45, 7) is 2.77. The van der Waals surface area contributed by atoms with Crippen LogP contribution >= 0.6 is 11.3 Å². The van der Waals surface area contributed by atoms with Gasteiger partial charge in [-0.1, -0.05) is 59.9 Å². The van der Waals surface area contributed by atoms with E-state index in [1.807, 2.05) is 55.5 Å². The van der Waals surface area contributed by atoms with Crippen LogP contribution in [0.5, 0.6) is 5.75 Å². The molecule has 4 rings (SSSR count). The van der Waals surface area contributed by atoms with E-state index in [2.05, 4.69) is 0 Å². The highest BCUT2D eigenvalue weighted by Gasteiger charge is 2.20. The van der Waals surface area contributed by atoms with Gasteiger partial charge in [0.15, 0.2) is 5.13 Å². The van der Waals surface area contributed by atoms with Gasteiger partial charge in [-0.2, -0.15) is 0 Å². The van der Waals surface area contributed by atoms with E-state index >= 15 is 0 Å². The van der Waals surface area contributed by atoms with Crippen LogP contribution in [-0.4, -0.2) is 22.4 Å². The summed E-state index contributed by atoms with van der Waals surface area (Å²) in [5, 5.41) is 11.6. The Balaban J connectivity index is 1.68. The molecule has 0 N–H and O–H groups in total. The molecule has 33 heavy (non-hydrogen) atoms. The maximum Gasteiger partial charge on any atom is 0.270 e. The number of benzene rings is 3. The third kappa shape index (κ3) is 5.24. The first kappa shape index (κ1) is 22.2. The molecule has 0 aliphatic carbocycles. The van der Waals surface area contributed by atoms with Gasteiger partial charge < -0.3 is 4.74 Å². The third-order valence-electron chi connectivity index (χ3n) is 4.85. The summed E-state index contributed by atoms with van der Waals surface area (Å²) >= 11 is 1.41. The number of rotatable bonds is 8. The van der Waals surface area contributed by atoms with E-state index in [-0.39, 0.29) is 11.6 Å². The highest BCUT2D eigenvalue weighted by Crippen LogP contribution is 2.35. The minimum atomic E-state index is -0.460. The number of para-hydroxylation sites is 1. The van der Waals surface area contributed by atoms with E-state index in [4.69, 9.17) is 9.72 Å². The second kappa shape index (κ2) is 10.1. The summed E-state index contributed by atoms with van der Waals surface area (Å²) in [5.41, 5.74) is 2.22. The molecular formula is C25H21N3O4S. The predicted molar refractivity (Wildman–Crippen MR) is 131 cm³/mol. The average molecular weight is 460 g/mol. The van der Waals surface area contributed by atoms with Crippen molar-refractivity contribution in [2.75, 3.05) is 11.5 Å². The fourth-order valence-electron chi connectivity index (χ4n) is 3.30. The number of anilines is 1. The summed E-state index contributed by atoms with van der Waals surface area (Å²) in [7, 11) is 0. The van der Waals surface area contributed by atoms with E-state index < -0.39 is 4.92 Å². The quantitative estimate of drug-likeness (QED) is 0.187. The van der Waals surface area contributed by atoms with Gasteiger partial charge in [0.25, 0.3) is 11.6 Å². The molecule has 7 nitrogen and oxygen atoms in total. The van der Waals surface area contributed by atoms with Gasteiger partial charge in [0, 0.05) is 18.2 Å². The number of hydrogen-bond acceptors (Lipinski definition) is 6. The van der Waals surface area contributed by atoms with E-state index in [1.165, 1.54) is 29.5 Å². The number of ether oxygens (including phenoxy) is 1. The van der Waals surface area contributed by atoms with Crippen molar-refractivity contribution in [3.63, 3.8) is 0 Å². The first-order valence-corrected chi connectivity index (χ1v) is 11.2. The minimum Gasteiger partial charge on any atom is -0.492 e. The normalized spacial score (nSPS) is 11.1. The van der Waals surface area contributed by atoms with Gasteiger partial charge in [-0.05, 0) is 36.3 Å². The number of amides is 1. The van der Waals surface area contributed by atoms with Gasteiger partial charge in [-0.15, -0.1) is 0 Å². The molecule has 166 valence electrons. The zero-order valence-electron chi connectivity index (χ0n) is 17.9. The number of hydrogen-bond donors (Lipinski definition) is 0. The maximum atomic E-state index is 13.3. The highest BCUT2D eigenvalue weighted by molar-refractivity contribution is 7.22. The summed E-state index contributed by atoms with van der Waals surface area (Å²) in [5.74, 6) is 0.402. The van der Waals surface area contributed by atoms with Crippen molar-refractivity contribution in [2.24, 2.45) is 0 Å². The summed E-state index contributed by atoms with van der Waals surface area (Å²) < 4.78 is 6.62. The first-order valence-electron chi connectivity index (χ1n) is 10.4. The molecular weight excluding hydrogens is 438 g/mol. The standard InChI is InChI=1S/C25H21N3O4S/c1-2-32-21-12-7-13-22-24(21)26-25(33-22)27(17-19-8-4-3-5-9-19)23(29)15-14-18-10-6-11-20(16-18)28(30)31/h3-16H,2,17H2,1H3/b15-14+. The van der Waals surface area contributed by atoms with Crippen molar-refractivity contribution < 1.29 is 14.5 Å². The van der Waals surface area contributed by atoms with Crippen molar-refractivity contribution in [1.82, 2.24) is 4.98 Å². The first-order chi connectivity index (χ1) is 16.0. The molecule has 4 aromatic rings. The Labute approximate surface area is 194 Å². The second-order valence-corrected chi connectivity index (χ2v) is 8.14. The number of thiazole rings is 1. The SMILES string of the molecule is CCOc1cccc2sc(N(Cc3ccccc3)C(=O)/C=C/c3cccc([N+](=O)[O-])c3)nc12. The Morgan fingerprint density at radius 2 is 1.91 bits per heavy atom. The number of aromatic nitrogens is 1. The summed E-state index contributed by atoms with van der Waals surface area (Å²) in [4.78, 5) is 30.2. The molecule has 8 heteroatoms. The minimum absolute atomic E-state index is 0.0274. The molecule has 0 saturated carbocycles. The lowest BCUT2D eigenvalue weighted by molar-refractivity contribution is -0.384. The van der Waals surface area contributed by atoms with Crippen LogP contribution in [0.1, 0.15) is 18.1 Å². The Bertz CT molecular complexity index is 1320. The van der Waals surface area contributed by atoms with Gasteiger partial charge >= 0.3 is 0 Å². The highest BCUT2D eigenvalue weighted by atomic mass is 32.1. The van der Waals surface area contributed by atoms with Crippen molar-refractivity contribution in [2.45, 2.75) is 13.5 Å². The molecule has 0 spiro atoms. The molecule has 0 aliphatic heterocycles. The lowest BCUT2D eigenvalue weighted by Crippen LogP contribution is -2.28. The third-order valence-corrected chi connectivity index (χ3v) is 5.89. The fourth-order valence-corrected chi connectivity index (χ4v) is 4.29. The van der Waals surface area contributed by atoms with Crippen molar-refractivity contribution in [3.8, 4) is 5.75 Å². The second-order valence-electron chi connectivity index (χ2n) is 7.13. The van der Waals surface area contributed by atoms with E-state index in [0.29, 0.717) is 35.1 Å². The van der Waals surface area contributed by atoms with Crippen LogP contribution in [0.2, 0.25) is 0 Å². The van der Waals surface area contributed by atoms with Gasteiger partial charge in [-0.25, -0.2) is 4.98 Å². The molecule has 0 atom stereocenters. The van der Waals surface area contributed by atoms with Crippen LogP contribution in [0.25, 0.3) is 16.3 Å². The van der Waals surface area contributed by atoms with Crippen LogP contribution in [0, 0.1) is 10.1 Å². The molecule has 1 amide bonds. The van der Waals surface area contributed by atoms with Gasteiger partial charge in [0.1, 0.15) is 11.3 Å². The summed E-state index contributed by atoms with van der Waals surface area (Å²) in [6, 6.07) is 21.5. The molecule has 0 fully saturated rings. The number of fused-ring (bicyclic) bond motifs is 1. The largest absolute Gasteiger partial charge is 0.492 e. The number of carbonyl (C=O) groups is 1. The Hall–Kier alpha value is -4.04. The molecule has 0 bridgehead atoms. The molecule has 0 aliphatic rings. The lowest BCUT2D eigenvalue weighted by atomic mass is 10.2. The number of nitro groups is 1. The van der Waals surface area contributed by atoms with Gasteiger partial charge in [0.2, 0.25) is 0 Å². The number of nitrogens with zero attached hydrogens (tertiary/aromatic N) is 3. The Morgan fingerprint density at radius 3 is 2.67 bits per heavy atom. The molecule has 0 saturated heterocycles. The van der Waals surface area contributed by atoms with Gasteiger partial charge in [-0.3, -0.25) is 19.8 Å². The monoisotopic (exact) mass is 459 g/mol. The molecule has 1 aromatic heterocycles. The van der Waals surface area contributed by atoms with Gasteiger partial charge in [0.05, 0.1) is 22.8 Å². The van der Waals surface area contributed by atoms with Crippen LogP contribution in [0.3, 0.4) is 0 Å². The van der Waals surface area contributed by atoms with Crippen molar-refractivity contribution in [3.05, 3.63) is 100 Å². The predicted octanol–water partition coefficient (Wildman–Crippen LogP) is 5.85. The zero-order chi connectivity index (χ0) is 23.2. The number of nitro benzene ring substituents is 1. The molecule has 0 radical (unpaired) electrons. The Morgan fingerprint density at radius 1 is 1.12 bits per heavy atom. The Kier molecular flexibility index (Phi) is 6.75. The molecule has 0 unspecified atom stereocenters. The van der Waals surface area contributed by atoms with Crippen LogP contribution in [-0.2, 0) is 11.3 Å². The smallest absolute Gasteiger partial charge is 0.270 e. The topological polar surface area (TPSA) is 85.6 Å². The fraction of sp³-hybridized carbons (Fsp3) is 0.120. The number of carbonyl (C=O) groups excluding carboxylic acids is 1. The maximum absolute atomic E-state index is 13.3. The van der Waals surface area contributed by atoms with E-state index in [1.54, 1.807) is 23.1 Å². The average Bonchev–Trinajstić information content (AvgIpc) is 3.27. The van der Waals surface area contributed by atoms with E-state index in [0.717, 1.165) is 10.3 Å². The van der Waals surface area contributed by atoms with Crippen LogP contribution < -0.4 is 9.64 Å². The molecule has 1 heterocycles. The zero-order valence-corrected chi connectivity index (χ0v) is 18.7. The lowest BCUT2D eigenvalue weighted by Gasteiger charge is -2.18. The van der Waals surface area contributed by atoms with Crippen molar-refractivity contribution in [1.29, 1.82) is 0 Å². The number of non-ortho nitro benzene ring substituents is 1. The van der Waals surface area contributed by atoms with E-state index in [9.17, 15) is 14.9 Å². The molecule has 3 aromatic carbocycles. The summed E-state index contributed by atoms with van der Waals surface area (Å²) in [6.07, 6.45) is 2.99. The van der Waals surface area contributed by atoms with Crippen LogP contribution in [0.15, 0.2) is 78.9 Å².